The fraction of sp³-hybridized carbons (Fsp3) is 0. The predicted octanol–water partition coefficient (Wildman–Crippen LogP) is 4.32. The van der Waals surface area contributed by atoms with Crippen molar-refractivity contribution in [3.05, 3.63) is 96.4 Å². The summed E-state index contributed by atoms with van der Waals surface area (Å²) in [4.78, 5) is 2.99. The monoisotopic (exact) mass is 396 g/mol. The Labute approximate surface area is 167 Å². The highest BCUT2D eigenvalue weighted by Crippen LogP contribution is 2.40. The summed E-state index contributed by atoms with van der Waals surface area (Å²) < 4.78 is 1.41. The Morgan fingerprint density at radius 3 is 1.93 bits per heavy atom. The van der Waals surface area contributed by atoms with Gasteiger partial charge < -0.3 is 0 Å². The third kappa shape index (κ3) is 1.97. The first-order chi connectivity index (χ1) is 13.4. The lowest BCUT2D eigenvalue weighted by atomic mass is 10.2. The van der Waals surface area contributed by atoms with Gasteiger partial charge in [-0.25, -0.2) is 0 Å². The molecule has 0 nitrogen and oxygen atoms in total. The molecular weight excluding hydrogens is 380 g/mol. The van der Waals surface area contributed by atoms with Crippen LogP contribution in [0.2, 0.25) is 0 Å². The highest BCUT2D eigenvalue weighted by molar-refractivity contribution is 7.36. The fourth-order valence-electron chi connectivity index (χ4n) is 4.64. The molecule has 2 aromatic heterocycles. The molecule has 1 aliphatic rings. The molecule has 0 unspecified atom stereocenters. The van der Waals surface area contributed by atoms with Crippen LogP contribution in [0, 0.1) is 0 Å². The van der Waals surface area contributed by atoms with Crippen LogP contribution in [0.4, 0.5) is 0 Å². The molecule has 0 spiro atoms. The van der Waals surface area contributed by atoms with Crippen molar-refractivity contribution in [2.24, 2.45) is 0 Å². The van der Waals surface area contributed by atoms with E-state index in [0.29, 0.717) is 0 Å². The molecule has 0 amide bonds. The molecule has 1 aliphatic heterocycles. The fourth-order valence-corrected chi connectivity index (χ4v) is 13.4. The topological polar surface area (TPSA) is 0 Å². The van der Waals surface area contributed by atoms with Gasteiger partial charge in [-0.15, -0.1) is 22.7 Å². The summed E-state index contributed by atoms with van der Waals surface area (Å²) in [5.74, 6) is 0. The maximum absolute atomic E-state index is 2.40. The Bertz CT molecular complexity index is 1230. The highest BCUT2D eigenvalue weighted by Gasteiger charge is 2.51. The van der Waals surface area contributed by atoms with E-state index < -0.39 is 8.07 Å². The zero-order valence-corrected chi connectivity index (χ0v) is 17.2. The van der Waals surface area contributed by atoms with E-state index in [4.69, 9.17) is 0 Å². The lowest BCUT2D eigenvalue weighted by molar-refractivity contribution is 1.71. The Kier molecular flexibility index (Phi) is 3.33. The number of hydrogen-bond donors (Lipinski definition) is 0. The largest absolute Gasteiger partial charge is 0.183 e. The first-order valence-corrected chi connectivity index (χ1v) is 12.8. The van der Waals surface area contributed by atoms with Gasteiger partial charge in [0.25, 0.3) is 0 Å². The summed E-state index contributed by atoms with van der Waals surface area (Å²) in [5, 5.41) is 9.86. The molecule has 3 heterocycles. The van der Waals surface area contributed by atoms with E-state index in [-0.39, 0.29) is 0 Å². The molecule has 5 aromatic rings. The number of hydrogen-bond acceptors (Lipinski definition) is 2. The molecule has 0 bridgehead atoms. The predicted molar refractivity (Wildman–Crippen MR) is 122 cm³/mol. The number of fused-ring (bicyclic) bond motifs is 5. The summed E-state index contributed by atoms with van der Waals surface area (Å²) >= 11 is 3.88. The van der Waals surface area contributed by atoms with Crippen LogP contribution in [-0.4, -0.2) is 8.07 Å². The van der Waals surface area contributed by atoms with Crippen molar-refractivity contribution in [2.45, 2.75) is 0 Å². The van der Waals surface area contributed by atoms with Crippen LogP contribution >= 0.6 is 22.7 Å². The molecule has 128 valence electrons. The van der Waals surface area contributed by atoms with Gasteiger partial charge in [0.1, 0.15) is 0 Å². The van der Waals surface area contributed by atoms with Crippen molar-refractivity contribution >= 4 is 61.6 Å². The summed E-state index contributed by atoms with van der Waals surface area (Å²) in [6.45, 7) is 0. The first-order valence-electron chi connectivity index (χ1n) is 9.12. The summed E-state index contributed by atoms with van der Waals surface area (Å²) in [6, 6.07) is 33.8. The zero-order chi connectivity index (χ0) is 17.8. The molecule has 3 aromatic carbocycles. The molecule has 6 rings (SSSR count). The Balaban J connectivity index is 1.86. The van der Waals surface area contributed by atoms with Crippen LogP contribution in [0.25, 0.3) is 19.8 Å². The molecule has 0 radical (unpaired) electrons. The highest BCUT2D eigenvalue weighted by atomic mass is 32.1. The second-order valence-corrected chi connectivity index (χ2v) is 12.6. The van der Waals surface area contributed by atoms with Crippen molar-refractivity contribution < 1.29 is 0 Å². The average molecular weight is 397 g/mol. The minimum atomic E-state index is -2.27. The van der Waals surface area contributed by atoms with Crippen LogP contribution in [0.5, 0.6) is 0 Å². The van der Waals surface area contributed by atoms with Crippen molar-refractivity contribution in [1.29, 1.82) is 0 Å². The third-order valence-electron chi connectivity index (χ3n) is 5.66. The lowest BCUT2D eigenvalue weighted by Gasteiger charge is -2.30. The van der Waals surface area contributed by atoms with Crippen LogP contribution in [-0.2, 0) is 0 Å². The molecular formula is C24H16S2Si. The van der Waals surface area contributed by atoms with E-state index >= 15 is 0 Å². The minimum absolute atomic E-state index is 1.41. The van der Waals surface area contributed by atoms with Crippen molar-refractivity contribution in [1.82, 2.24) is 0 Å². The second-order valence-electron chi connectivity index (χ2n) is 6.95. The lowest BCUT2D eigenvalue weighted by Crippen LogP contribution is -2.72. The molecule has 3 heteroatoms. The standard InChI is InChI=1S/C24H16S2Si/c1-3-9-17(10-4-1)27(18-11-5-2-6-12-18)21-15-16-25-22(21)23-24(27)19-13-7-8-14-20(19)26-23/h1-16H. The Morgan fingerprint density at radius 1 is 0.593 bits per heavy atom. The average Bonchev–Trinajstić information content (AvgIpc) is 3.41. The Hall–Kier alpha value is -2.46. The zero-order valence-electron chi connectivity index (χ0n) is 14.6. The quantitative estimate of drug-likeness (QED) is 0.382. The third-order valence-corrected chi connectivity index (χ3v) is 13.2. The SMILES string of the molecule is c1ccc([Si]2(c3ccccc3)c3ccsc3-c3sc4ccccc4c32)cc1. The van der Waals surface area contributed by atoms with Crippen molar-refractivity contribution in [3.63, 3.8) is 0 Å². The van der Waals surface area contributed by atoms with Crippen LogP contribution < -0.4 is 20.7 Å². The van der Waals surface area contributed by atoms with Crippen LogP contribution in [0.1, 0.15) is 0 Å². The van der Waals surface area contributed by atoms with Gasteiger partial charge >= 0.3 is 0 Å². The van der Waals surface area contributed by atoms with Gasteiger partial charge in [-0.2, -0.15) is 0 Å². The number of rotatable bonds is 2. The molecule has 0 saturated carbocycles. The van der Waals surface area contributed by atoms with E-state index in [9.17, 15) is 0 Å². The number of benzene rings is 3. The maximum Gasteiger partial charge on any atom is 0.183 e. The first kappa shape index (κ1) is 15.6. The van der Waals surface area contributed by atoms with Crippen molar-refractivity contribution in [3.8, 4) is 9.75 Å². The Morgan fingerprint density at radius 2 is 1.22 bits per heavy atom. The van der Waals surface area contributed by atoms with E-state index in [1.807, 2.05) is 22.7 Å². The van der Waals surface area contributed by atoms with E-state index in [2.05, 4.69) is 96.4 Å². The molecule has 0 aliphatic carbocycles. The summed E-state index contributed by atoms with van der Waals surface area (Å²) in [7, 11) is -2.27. The van der Waals surface area contributed by atoms with Gasteiger partial charge in [0, 0.05) is 14.5 Å². The summed E-state index contributed by atoms with van der Waals surface area (Å²) in [6.07, 6.45) is 0. The van der Waals surface area contributed by atoms with E-state index in [1.54, 1.807) is 10.4 Å². The van der Waals surface area contributed by atoms with Gasteiger partial charge in [-0.05, 0) is 37.6 Å². The van der Waals surface area contributed by atoms with Gasteiger partial charge in [0.15, 0.2) is 8.07 Å². The normalized spacial score (nSPS) is 14.2. The maximum atomic E-state index is 2.40. The van der Waals surface area contributed by atoms with Gasteiger partial charge in [0.2, 0.25) is 0 Å². The van der Waals surface area contributed by atoms with E-state index in [0.717, 1.165) is 0 Å². The van der Waals surface area contributed by atoms with Crippen LogP contribution in [0.3, 0.4) is 0 Å². The number of thiophene rings is 2. The van der Waals surface area contributed by atoms with Crippen molar-refractivity contribution in [2.75, 3.05) is 0 Å². The van der Waals surface area contributed by atoms with E-state index in [1.165, 1.54) is 30.2 Å². The second kappa shape index (κ2) is 5.77. The van der Waals surface area contributed by atoms with Gasteiger partial charge in [0.05, 0.1) is 0 Å². The smallest absolute Gasteiger partial charge is 0.143 e. The molecule has 0 fully saturated rings. The van der Waals surface area contributed by atoms with Gasteiger partial charge in [-0.3, -0.25) is 0 Å². The summed E-state index contributed by atoms with van der Waals surface area (Å²) in [5.41, 5.74) is 0. The van der Waals surface area contributed by atoms with Crippen LogP contribution in [0.15, 0.2) is 96.4 Å². The molecule has 0 saturated heterocycles. The van der Waals surface area contributed by atoms with Gasteiger partial charge in [-0.1, -0.05) is 84.9 Å². The minimum Gasteiger partial charge on any atom is -0.143 e. The molecule has 0 atom stereocenters. The molecule has 27 heavy (non-hydrogen) atoms. The molecule has 0 N–H and O–H groups in total.